The van der Waals surface area contributed by atoms with Gasteiger partial charge in [0.1, 0.15) is 0 Å². The van der Waals surface area contributed by atoms with Gasteiger partial charge in [0.25, 0.3) is 0 Å². The Morgan fingerprint density at radius 3 is 2.73 bits per heavy atom. The molecule has 0 aliphatic carbocycles. The Kier molecular flexibility index (Phi) is 3.15. The van der Waals surface area contributed by atoms with Crippen LogP contribution in [-0.2, 0) is 7.05 Å². The summed E-state index contributed by atoms with van der Waals surface area (Å²) in [6, 6.07) is 16.2. The highest BCUT2D eigenvalue weighted by Crippen LogP contribution is 2.36. The van der Waals surface area contributed by atoms with E-state index in [1.165, 1.54) is 0 Å². The highest BCUT2D eigenvalue weighted by molar-refractivity contribution is 9.10. The van der Waals surface area contributed by atoms with Crippen molar-refractivity contribution in [3.8, 4) is 34.0 Å². The number of fused-ring (bicyclic) bond motifs is 1. The number of aryl methyl sites for hydroxylation is 1. The molecular weight excluding hydrogens is 344 g/mol. The lowest BCUT2D eigenvalue weighted by atomic mass is 10.1. The first-order valence-electron chi connectivity index (χ1n) is 6.91. The van der Waals surface area contributed by atoms with Gasteiger partial charge in [-0.05, 0) is 36.4 Å². The van der Waals surface area contributed by atoms with Crippen molar-refractivity contribution in [1.29, 1.82) is 0 Å². The van der Waals surface area contributed by atoms with Crippen LogP contribution in [0.5, 0.6) is 11.5 Å². The highest BCUT2D eigenvalue weighted by Gasteiger charge is 2.16. The van der Waals surface area contributed by atoms with Crippen molar-refractivity contribution < 1.29 is 9.47 Å². The van der Waals surface area contributed by atoms with E-state index in [-0.39, 0.29) is 6.79 Å². The van der Waals surface area contributed by atoms with E-state index in [9.17, 15) is 0 Å². The van der Waals surface area contributed by atoms with E-state index < -0.39 is 0 Å². The first kappa shape index (κ1) is 13.4. The number of ether oxygens (including phenoxy) is 2. The Morgan fingerprint density at radius 2 is 1.86 bits per heavy atom. The fourth-order valence-electron chi connectivity index (χ4n) is 2.58. The molecule has 0 spiro atoms. The predicted octanol–water partition coefficient (Wildman–Crippen LogP) is 4.25. The van der Waals surface area contributed by atoms with Crippen LogP contribution in [0.1, 0.15) is 0 Å². The highest BCUT2D eigenvalue weighted by atomic mass is 79.9. The molecule has 0 amide bonds. The second-order valence-electron chi connectivity index (χ2n) is 5.12. The normalized spacial score (nSPS) is 12.6. The summed E-state index contributed by atoms with van der Waals surface area (Å²) in [5.74, 6) is 1.55. The zero-order chi connectivity index (χ0) is 15.1. The molecule has 1 aromatic heterocycles. The Bertz CT molecular complexity index is 858. The van der Waals surface area contributed by atoms with E-state index in [0.717, 1.165) is 38.5 Å². The molecule has 4 rings (SSSR count). The van der Waals surface area contributed by atoms with Gasteiger partial charge < -0.3 is 9.47 Å². The summed E-state index contributed by atoms with van der Waals surface area (Å²) in [6.07, 6.45) is 0. The van der Waals surface area contributed by atoms with Crippen molar-refractivity contribution in [3.63, 3.8) is 0 Å². The second-order valence-corrected chi connectivity index (χ2v) is 6.03. The van der Waals surface area contributed by atoms with Crippen molar-refractivity contribution in [3.05, 3.63) is 53.0 Å². The second kappa shape index (κ2) is 5.18. The number of hydrogen-bond donors (Lipinski definition) is 0. The quantitative estimate of drug-likeness (QED) is 0.688. The lowest BCUT2D eigenvalue weighted by Gasteiger charge is -2.01. The molecule has 2 heterocycles. The molecule has 22 heavy (non-hydrogen) atoms. The van der Waals surface area contributed by atoms with Crippen LogP contribution in [0.3, 0.4) is 0 Å². The maximum Gasteiger partial charge on any atom is 0.231 e. The zero-order valence-electron chi connectivity index (χ0n) is 11.9. The van der Waals surface area contributed by atoms with Gasteiger partial charge in [0.2, 0.25) is 6.79 Å². The molecule has 5 heteroatoms. The molecule has 110 valence electrons. The predicted molar refractivity (Wildman–Crippen MR) is 87.9 cm³/mol. The molecule has 0 saturated carbocycles. The van der Waals surface area contributed by atoms with Gasteiger partial charge in [-0.2, -0.15) is 5.10 Å². The number of nitrogens with zero attached hydrogens (tertiary/aromatic N) is 2. The van der Waals surface area contributed by atoms with E-state index in [1.54, 1.807) is 0 Å². The largest absolute Gasteiger partial charge is 0.454 e. The van der Waals surface area contributed by atoms with E-state index >= 15 is 0 Å². The molecule has 0 radical (unpaired) electrons. The molecule has 0 fully saturated rings. The summed E-state index contributed by atoms with van der Waals surface area (Å²) in [6.45, 7) is 0.282. The molecule has 1 aliphatic heterocycles. The zero-order valence-corrected chi connectivity index (χ0v) is 13.5. The summed E-state index contributed by atoms with van der Waals surface area (Å²) in [5, 5.41) is 4.62. The van der Waals surface area contributed by atoms with Crippen LogP contribution in [0.4, 0.5) is 0 Å². The van der Waals surface area contributed by atoms with Gasteiger partial charge in [-0.3, -0.25) is 4.68 Å². The fourth-order valence-corrected chi connectivity index (χ4v) is 2.98. The molecule has 0 N–H and O–H groups in total. The van der Waals surface area contributed by atoms with Crippen molar-refractivity contribution in [2.45, 2.75) is 0 Å². The fraction of sp³-hybridized carbons (Fsp3) is 0.118. The topological polar surface area (TPSA) is 36.3 Å². The lowest BCUT2D eigenvalue weighted by Crippen LogP contribution is -1.93. The van der Waals surface area contributed by atoms with E-state index in [2.05, 4.69) is 39.2 Å². The number of hydrogen-bond acceptors (Lipinski definition) is 3. The van der Waals surface area contributed by atoms with Gasteiger partial charge in [0.05, 0.1) is 11.4 Å². The average molecular weight is 357 g/mol. The van der Waals surface area contributed by atoms with Crippen molar-refractivity contribution in [2.24, 2.45) is 7.05 Å². The molecule has 2 aromatic carbocycles. The van der Waals surface area contributed by atoms with Gasteiger partial charge >= 0.3 is 0 Å². The van der Waals surface area contributed by atoms with Crippen LogP contribution in [0.2, 0.25) is 0 Å². The first-order valence-corrected chi connectivity index (χ1v) is 7.70. The van der Waals surface area contributed by atoms with E-state index in [0.29, 0.717) is 0 Å². The van der Waals surface area contributed by atoms with Crippen LogP contribution in [0.15, 0.2) is 53.0 Å². The minimum atomic E-state index is 0.282. The summed E-state index contributed by atoms with van der Waals surface area (Å²) in [7, 11) is 1.95. The molecular formula is C17H13BrN2O2. The number of benzene rings is 2. The van der Waals surface area contributed by atoms with E-state index in [1.807, 2.05) is 42.1 Å². The third kappa shape index (κ3) is 2.27. The van der Waals surface area contributed by atoms with Crippen molar-refractivity contribution in [2.75, 3.05) is 6.79 Å². The Morgan fingerprint density at radius 1 is 1.00 bits per heavy atom. The minimum Gasteiger partial charge on any atom is -0.454 e. The first-order chi connectivity index (χ1) is 10.7. The number of halogens is 1. The maximum atomic E-state index is 5.44. The molecule has 0 saturated heterocycles. The van der Waals surface area contributed by atoms with Crippen LogP contribution in [-0.4, -0.2) is 16.6 Å². The summed E-state index contributed by atoms with van der Waals surface area (Å²) < 4.78 is 13.7. The van der Waals surface area contributed by atoms with Gasteiger partial charge in [-0.15, -0.1) is 0 Å². The SMILES string of the molecule is Cn1nc(-c2ccc3c(c2)OCO3)cc1-c1cccc(Br)c1. The van der Waals surface area contributed by atoms with Gasteiger partial charge in [0.15, 0.2) is 11.5 Å². The van der Waals surface area contributed by atoms with Gasteiger partial charge in [-0.25, -0.2) is 0 Å². The molecule has 4 nitrogen and oxygen atoms in total. The number of aromatic nitrogens is 2. The minimum absolute atomic E-state index is 0.282. The standard InChI is InChI=1S/C17H13BrN2O2/c1-20-15(12-3-2-4-13(18)7-12)9-14(19-20)11-5-6-16-17(8-11)22-10-21-16/h2-9H,10H2,1H3. The monoisotopic (exact) mass is 356 g/mol. The van der Waals surface area contributed by atoms with Crippen LogP contribution in [0.25, 0.3) is 22.5 Å². The van der Waals surface area contributed by atoms with Crippen LogP contribution >= 0.6 is 15.9 Å². The summed E-state index contributed by atoms with van der Waals surface area (Å²) in [5.41, 5.74) is 4.11. The van der Waals surface area contributed by atoms with Gasteiger partial charge in [0, 0.05) is 22.6 Å². The number of rotatable bonds is 2. The Hall–Kier alpha value is -2.27. The molecule has 0 bridgehead atoms. The molecule has 1 aliphatic rings. The summed E-state index contributed by atoms with van der Waals surface area (Å²) >= 11 is 3.51. The molecule has 0 unspecified atom stereocenters. The smallest absolute Gasteiger partial charge is 0.231 e. The van der Waals surface area contributed by atoms with Crippen LogP contribution < -0.4 is 9.47 Å². The molecule has 3 aromatic rings. The van der Waals surface area contributed by atoms with Gasteiger partial charge in [-0.1, -0.05) is 28.1 Å². The molecule has 0 atom stereocenters. The van der Waals surface area contributed by atoms with Crippen LogP contribution in [0, 0.1) is 0 Å². The van der Waals surface area contributed by atoms with E-state index in [4.69, 9.17) is 9.47 Å². The summed E-state index contributed by atoms with van der Waals surface area (Å²) in [4.78, 5) is 0. The maximum absolute atomic E-state index is 5.44. The third-order valence-corrected chi connectivity index (χ3v) is 4.16. The third-order valence-electron chi connectivity index (χ3n) is 3.67. The van der Waals surface area contributed by atoms with Crippen molar-refractivity contribution >= 4 is 15.9 Å². The Balaban J connectivity index is 1.77. The van der Waals surface area contributed by atoms with Crippen molar-refractivity contribution in [1.82, 2.24) is 9.78 Å². The average Bonchev–Trinajstić information content (AvgIpc) is 3.12. The lowest BCUT2D eigenvalue weighted by molar-refractivity contribution is 0.174. The Labute approximate surface area is 136 Å².